The molecular formula is C16H19N3O4S3. The van der Waals surface area contributed by atoms with Gasteiger partial charge < -0.3 is 11.1 Å². The summed E-state index contributed by atoms with van der Waals surface area (Å²) in [6.07, 6.45) is 1.04. The van der Waals surface area contributed by atoms with E-state index < -0.39 is 27.9 Å². The number of hydrogen-bond donors (Lipinski definition) is 2. The molecule has 1 atom stereocenters. The Morgan fingerprint density at radius 3 is 2.69 bits per heavy atom. The molecule has 26 heavy (non-hydrogen) atoms. The maximum Gasteiger partial charge on any atom is 0.253 e. The predicted octanol–water partition coefficient (Wildman–Crippen LogP) is 2.32. The lowest BCUT2D eigenvalue weighted by Crippen LogP contribution is -2.43. The van der Waals surface area contributed by atoms with Gasteiger partial charge in [0.1, 0.15) is 15.3 Å². The first-order valence-electron chi connectivity index (χ1n) is 7.99. The molecule has 3 rings (SSSR count). The monoisotopic (exact) mass is 413 g/mol. The topological polar surface area (TPSA) is 110 Å². The van der Waals surface area contributed by atoms with Gasteiger partial charge in [-0.3, -0.25) is 9.59 Å². The number of rotatable bonds is 5. The lowest BCUT2D eigenvalue weighted by atomic mass is 10.1. The predicted molar refractivity (Wildman–Crippen MR) is 102 cm³/mol. The van der Waals surface area contributed by atoms with Crippen LogP contribution in [0.4, 0.5) is 5.00 Å². The van der Waals surface area contributed by atoms with E-state index in [-0.39, 0.29) is 9.77 Å². The molecule has 1 saturated heterocycles. The summed E-state index contributed by atoms with van der Waals surface area (Å²) in [7, 11) is -3.71. The van der Waals surface area contributed by atoms with E-state index in [1.165, 1.54) is 21.7 Å². The van der Waals surface area contributed by atoms with Gasteiger partial charge in [0.05, 0.1) is 5.56 Å². The van der Waals surface area contributed by atoms with Crippen LogP contribution in [-0.4, -0.2) is 37.1 Å². The number of carbonyl (C=O) groups excluding carboxylic acids is 2. The van der Waals surface area contributed by atoms with Crippen LogP contribution in [0.2, 0.25) is 0 Å². The van der Waals surface area contributed by atoms with E-state index in [1.54, 1.807) is 18.4 Å². The van der Waals surface area contributed by atoms with Crippen LogP contribution >= 0.6 is 22.7 Å². The van der Waals surface area contributed by atoms with Gasteiger partial charge in [-0.25, -0.2) is 8.42 Å². The Morgan fingerprint density at radius 2 is 2.08 bits per heavy atom. The van der Waals surface area contributed by atoms with Crippen molar-refractivity contribution < 1.29 is 18.0 Å². The number of carbonyl (C=O) groups is 2. The van der Waals surface area contributed by atoms with Gasteiger partial charge in [-0.1, -0.05) is 6.07 Å². The first-order valence-corrected chi connectivity index (χ1v) is 11.1. The van der Waals surface area contributed by atoms with E-state index in [1.807, 2.05) is 6.92 Å². The van der Waals surface area contributed by atoms with Crippen molar-refractivity contribution in [2.75, 3.05) is 11.9 Å². The molecule has 0 saturated carbocycles. The van der Waals surface area contributed by atoms with Gasteiger partial charge in [0.15, 0.2) is 0 Å². The van der Waals surface area contributed by atoms with Crippen molar-refractivity contribution in [3.63, 3.8) is 0 Å². The standard InChI is InChI=1S/C16H19N3O4S3/c1-9-10(2)25-16(13(9)14(17)20)18-15(21)11-5-3-7-19(11)26(22,23)12-6-4-8-24-12/h4,6,8,11H,3,5,7H2,1-2H3,(H2,17,20)(H,18,21). The number of nitrogens with two attached hydrogens (primary N) is 1. The van der Waals surface area contributed by atoms with Crippen LogP contribution in [0.5, 0.6) is 0 Å². The van der Waals surface area contributed by atoms with Crippen molar-refractivity contribution in [1.29, 1.82) is 0 Å². The lowest BCUT2D eigenvalue weighted by Gasteiger charge is -2.22. The Labute approximate surface area is 159 Å². The Balaban J connectivity index is 1.86. The number of amides is 2. The second-order valence-electron chi connectivity index (χ2n) is 6.05. The third-order valence-electron chi connectivity index (χ3n) is 4.43. The normalized spacial score (nSPS) is 18.2. The minimum Gasteiger partial charge on any atom is -0.365 e. The first-order chi connectivity index (χ1) is 12.2. The van der Waals surface area contributed by atoms with Crippen LogP contribution < -0.4 is 11.1 Å². The fourth-order valence-corrected chi connectivity index (χ4v) is 6.87. The summed E-state index contributed by atoms with van der Waals surface area (Å²) in [5, 5.41) is 4.78. The molecule has 0 aromatic carbocycles. The Bertz CT molecular complexity index is 948. The van der Waals surface area contributed by atoms with Gasteiger partial charge in [0.2, 0.25) is 5.91 Å². The molecule has 140 valence electrons. The number of sulfonamides is 1. The number of primary amides is 1. The van der Waals surface area contributed by atoms with E-state index in [9.17, 15) is 18.0 Å². The quantitative estimate of drug-likeness (QED) is 0.784. The molecule has 1 aliphatic heterocycles. The zero-order valence-electron chi connectivity index (χ0n) is 14.3. The van der Waals surface area contributed by atoms with Gasteiger partial charge >= 0.3 is 0 Å². The average molecular weight is 414 g/mol. The summed E-state index contributed by atoms with van der Waals surface area (Å²) in [6, 6.07) is 2.40. The maximum atomic E-state index is 12.8. The van der Waals surface area contributed by atoms with Crippen LogP contribution in [0.25, 0.3) is 0 Å². The van der Waals surface area contributed by atoms with Gasteiger partial charge in [0.25, 0.3) is 15.9 Å². The largest absolute Gasteiger partial charge is 0.365 e. The van der Waals surface area contributed by atoms with Crippen LogP contribution in [0.3, 0.4) is 0 Å². The maximum absolute atomic E-state index is 12.8. The summed E-state index contributed by atoms with van der Waals surface area (Å²) in [4.78, 5) is 25.4. The summed E-state index contributed by atoms with van der Waals surface area (Å²) >= 11 is 2.39. The van der Waals surface area contributed by atoms with Crippen molar-refractivity contribution in [2.45, 2.75) is 36.9 Å². The van der Waals surface area contributed by atoms with Crippen LogP contribution in [0.1, 0.15) is 33.6 Å². The molecule has 10 heteroatoms. The molecule has 3 N–H and O–H groups in total. The van der Waals surface area contributed by atoms with Gasteiger partial charge in [-0.05, 0) is 43.7 Å². The highest BCUT2D eigenvalue weighted by molar-refractivity contribution is 7.91. The third-order valence-corrected chi connectivity index (χ3v) is 8.84. The number of hydrogen-bond acceptors (Lipinski definition) is 6. The number of nitrogens with zero attached hydrogens (tertiary/aromatic N) is 1. The van der Waals surface area contributed by atoms with Gasteiger partial charge in [-0.2, -0.15) is 4.31 Å². The van der Waals surface area contributed by atoms with Crippen LogP contribution in [0, 0.1) is 13.8 Å². The van der Waals surface area contributed by atoms with Crippen molar-refractivity contribution in [3.05, 3.63) is 33.5 Å². The van der Waals surface area contributed by atoms with Crippen molar-refractivity contribution >= 4 is 49.5 Å². The fraction of sp³-hybridized carbons (Fsp3) is 0.375. The Morgan fingerprint density at radius 1 is 1.35 bits per heavy atom. The zero-order valence-corrected chi connectivity index (χ0v) is 16.8. The molecule has 2 aromatic heterocycles. The summed E-state index contributed by atoms with van der Waals surface area (Å²) in [5.41, 5.74) is 6.44. The summed E-state index contributed by atoms with van der Waals surface area (Å²) < 4.78 is 27.0. The van der Waals surface area contributed by atoms with Crippen LogP contribution in [0.15, 0.2) is 21.7 Å². The molecule has 0 radical (unpaired) electrons. The minimum atomic E-state index is -3.71. The highest BCUT2D eigenvalue weighted by Crippen LogP contribution is 2.34. The smallest absolute Gasteiger partial charge is 0.253 e. The molecule has 3 heterocycles. The first kappa shape index (κ1) is 19.0. The molecule has 0 spiro atoms. The van der Waals surface area contributed by atoms with Gasteiger partial charge in [0, 0.05) is 11.4 Å². The molecular weight excluding hydrogens is 394 g/mol. The highest BCUT2D eigenvalue weighted by atomic mass is 32.2. The molecule has 2 amide bonds. The molecule has 2 aromatic rings. The van der Waals surface area contributed by atoms with Crippen molar-refractivity contribution in [1.82, 2.24) is 4.31 Å². The number of anilines is 1. The highest BCUT2D eigenvalue weighted by Gasteiger charge is 2.40. The van der Waals surface area contributed by atoms with Gasteiger partial charge in [-0.15, -0.1) is 22.7 Å². The van der Waals surface area contributed by atoms with E-state index in [4.69, 9.17) is 5.73 Å². The van der Waals surface area contributed by atoms with E-state index >= 15 is 0 Å². The number of aryl methyl sites for hydroxylation is 1. The second-order valence-corrected chi connectivity index (χ2v) is 10.3. The second kappa shape index (κ2) is 7.10. The zero-order chi connectivity index (χ0) is 19.1. The van der Waals surface area contributed by atoms with E-state index in [0.717, 1.165) is 21.8 Å². The fourth-order valence-electron chi connectivity index (χ4n) is 3.02. The number of nitrogens with one attached hydrogen (secondary N) is 1. The SMILES string of the molecule is Cc1sc(NC(=O)C2CCCN2S(=O)(=O)c2cccs2)c(C(N)=O)c1C. The summed E-state index contributed by atoms with van der Waals surface area (Å²) in [6.45, 7) is 3.90. The Kier molecular flexibility index (Phi) is 5.20. The Hall–Kier alpha value is -1.75. The average Bonchev–Trinajstić information content (AvgIpc) is 3.29. The third kappa shape index (κ3) is 3.29. The lowest BCUT2D eigenvalue weighted by molar-refractivity contribution is -0.119. The molecule has 1 aliphatic rings. The van der Waals surface area contributed by atoms with Crippen molar-refractivity contribution in [2.24, 2.45) is 5.73 Å². The molecule has 7 nitrogen and oxygen atoms in total. The minimum absolute atomic E-state index is 0.220. The van der Waals surface area contributed by atoms with Crippen LogP contribution in [-0.2, 0) is 14.8 Å². The molecule has 1 fully saturated rings. The molecule has 0 bridgehead atoms. The molecule has 0 aliphatic carbocycles. The van der Waals surface area contributed by atoms with E-state index in [0.29, 0.717) is 24.4 Å². The molecule has 1 unspecified atom stereocenters. The number of thiophene rings is 2. The summed E-state index contributed by atoms with van der Waals surface area (Å²) in [5.74, 6) is -1.05. The van der Waals surface area contributed by atoms with E-state index in [2.05, 4.69) is 5.32 Å². The van der Waals surface area contributed by atoms with Crippen molar-refractivity contribution in [3.8, 4) is 0 Å².